The van der Waals surface area contributed by atoms with Crippen LogP contribution in [0, 0.1) is 5.92 Å². The van der Waals surface area contributed by atoms with Gasteiger partial charge in [-0.2, -0.15) is 0 Å². The number of nitrogens with zero attached hydrogens (tertiary/aromatic N) is 2. The van der Waals surface area contributed by atoms with E-state index in [9.17, 15) is 0 Å². The molecule has 1 aromatic rings. The third-order valence-corrected chi connectivity index (χ3v) is 4.99. The second-order valence-electron chi connectivity index (χ2n) is 6.92. The molecule has 1 atom stereocenters. The molecule has 0 amide bonds. The van der Waals surface area contributed by atoms with Gasteiger partial charge in [0, 0.05) is 30.6 Å². The van der Waals surface area contributed by atoms with Gasteiger partial charge >= 0.3 is 0 Å². The maximum absolute atomic E-state index is 4.81. The minimum Gasteiger partial charge on any atom is -0.348 e. The first-order valence-electron chi connectivity index (χ1n) is 7.92. The van der Waals surface area contributed by atoms with Crippen molar-refractivity contribution in [2.24, 2.45) is 5.92 Å². The van der Waals surface area contributed by atoms with Crippen molar-refractivity contribution in [2.75, 3.05) is 18.0 Å². The molecule has 20 heavy (non-hydrogen) atoms. The van der Waals surface area contributed by atoms with E-state index in [2.05, 4.69) is 43.3 Å². The molecule has 1 saturated heterocycles. The number of anilines is 1. The van der Waals surface area contributed by atoms with E-state index in [1.165, 1.54) is 49.6 Å². The van der Waals surface area contributed by atoms with Crippen molar-refractivity contribution in [1.82, 2.24) is 10.3 Å². The number of thiazole rings is 1. The smallest absolute Gasteiger partial charge is 0.185 e. The number of hydrogen-bond acceptors (Lipinski definition) is 4. The van der Waals surface area contributed by atoms with E-state index in [0.29, 0.717) is 0 Å². The topological polar surface area (TPSA) is 28.2 Å². The summed E-state index contributed by atoms with van der Waals surface area (Å²) in [7, 11) is 0. The third-order valence-electron chi connectivity index (χ3n) is 4.04. The molecular weight excluding hydrogens is 266 g/mol. The zero-order chi connectivity index (χ0) is 14.6. The number of aromatic nitrogens is 1. The Balaban J connectivity index is 1.91. The predicted molar refractivity (Wildman–Crippen MR) is 88.6 cm³/mol. The highest BCUT2D eigenvalue weighted by atomic mass is 32.1. The van der Waals surface area contributed by atoms with E-state index < -0.39 is 0 Å². The van der Waals surface area contributed by atoms with E-state index >= 15 is 0 Å². The third kappa shape index (κ3) is 4.74. The van der Waals surface area contributed by atoms with E-state index in [-0.39, 0.29) is 5.54 Å². The van der Waals surface area contributed by atoms with Crippen LogP contribution in [0.15, 0.2) is 5.38 Å². The molecule has 1 N–H and O–H groups in total. The van der Waals surface area contributed by atoms with Crippen LogP contribution in [-0.4, -0.2) is 23.6 Å². The Bertz CT molecular complexity index is 408. The molecule has 1 unspecified atom stereocenters. The first-order valence-corrected chi connectivity index (χ1v) is 8.80. The van der Waals surface area contributed by atoms with Crippen molar-refractivity contribution < 1.29 is 0 Å². The summed E-state index contributed by atoms with van der Waals surface area (Å²) in [5, 5.41) is 6.93. The second-order valence-corrected chi connectivity index (χ2v) is 7.75. The van der Waals surface area contributed by atoms with Crippen LogP contribution in [0.3, 0.4) is 0 Å². The molecule has 1 aromatic heterocycles. The zero-order valence-electron chi connectivity index (χ0n) is 13.4. The lowest BCUT2D eigenvalue weighted by atomic mass is 9.98. The fraction of sp³-hybridized carbons (Fsp3) is 0.812. The quantitative estimate of drug-likeness (QED) is 0.908. The van der Waals surface area contributed by atoms with Crippen molar-refractivity contribution >= 4 is 16.5 Å². The van der Waals surface area contributed by atoms with Gasteiger partial charge in [0.2, 0.25) is 0 Å². The van der Waals surface area contributed by atoms with Crippen LogP contribution < -0.4 is 10.2 Å². The van der Waals surface area contributed by atoms with Crippen LogP contribution in [0.5, 0.6) is 0 Å². The molecule has 3 nitrogen and oxygen atoms in total. The van der Waals surface area contributed by atoms with Crippen LogP contribution in [0.1, 0.15) is 59.1 Å². The highest BCUT2D eigenvalue weighted by Crippen LogP contribution is 2.27. The molecule has 0 saturated carbocycles. The number of nitrogens with one attached hydrogen (secondary N) is 1. The summed E-state index contributed by atoms with van der Waals surface area (Å²) in [5.74, 6) is 0.919. The molecule has 0 bridgehead atoms. The number of hydrogen-bond donors (Lipinski definition) is 1. The summed E-state index contributed by atoms with van der Waals surface area (Å²) in [6.45, 7) is 12.1. The summed E-state index contributed by atoms with van der Waals surface area (Å²) < 4.78 is 0. The highest BCUT2D eigenvalue weighted by Gasteiger charge is 2.18. The van der Waals surface area contributed by atoms with Gasteiger partial charge in [0.1, 0.15) is 0 Å². The van der Waals surface area contributed by atoms with Crippen molar-refractivity contribution in [2.45, 2.75) is 65.5 Å². The molecular formula is C16H29N3S. The molecule has 2 rings (SSSR count). The Kier molecular flexibility index (Phi) is 5.44. The highest BCUT2D eigenvalue weighted by molar-refractivity contribution is 7.13. The van der Waals surface area contributed by atoms with Gasteiger partial charge in [-0.3, -0.25) is 0 Å². The van der Waals surface area contributed by atoms with E-state index in [1.54, 1.807) is 11.3 Å². The molecule has 1 aliphatic heterocycles. The predicted octanol–water partition coefficient (Wildman–Crippen LogP) is 4.05. The van der Waals surface area contributed by atoms with Crippen LogP contribution >= 0.6 is 11.3 Å². The lowest BCUT2D eigenvalue weighted by molar-refractivity contribution is 0.422. The molecule has 0 aromatic carbocycles. The summed E-state index contributed by atoms with van der Waals surface area (Å²) >= 11 is 1.80. The first-order chi connectivity index (χ1) is 9.48. The van der Waals surface area contributed by atoms with Gasteiger partial charge in [-0.05, 0) is 46.0 Å². The summed E-state index contributed by atoms with van der Waals surface area (Å²) in [6, 6.07) is 0. The van der Waals surface area contributed by atoms with Gasteiger partial charge in [-0.15, -0.1) is 11.3 Å². The van der Waals surface area contributed by atoms with Gasteiger partial charge in [-0.25, -0.2) is 4.98 Å². The monoisotopic (exact) mass is 295 g/mol. The molecule has 114 valence electrons. The van der Waals surface area contributed by atoms with Gasteiger partial charge in [-0.1, -0.05) is 13.3 Å². The maximum Gasteiger partial charge on any atom is 0.185 e. The van der Waals surface area contributed by atoms with E-state index in [4.69, 9.17) is 4.98 Å². The zero-order valence-corrected chi connectivity index (χ0v) is 14.2. The SMILES string of the molecule is CCC1CCCN(c2nc(CNC(C)(C)C)cs2)CC1. The molecule has 0 spiro atoms. The molecule has 4 heteroatoms. The first kappa shape index (κ1) is 15.8. The van der Waals surface area contributed by atoms with Gasteiger partial charge in [0.25, 0.3) is 0 Å². The Hall–Kier alpha value is -0.610. The average molecular weight is 295 g/mol. The fourth-order valence-corrected chi connectivity index (χ4v) is 3.52. The molecule has 1 fully saturated rings. The largest absolute Gasteiger partial charge is 0.348 e. The molecule has 0 aliphatic carbocycles. The van der Waals surface area contributed by atoms with Crippen molar-refractivity contribution in [3.8, 4) is 0 Å². The minimum atomic E-state index is 0.154. The Morgan fingerprint density at radius 3 is 2.85 bits per heavy atom. The van der Waals surface area contributed by atoms with Crippen molar-refractivity contribution in [3.63, 3.8) is 0 Å². The molecule has 0 radical (unpaired) electrons. The van der Waals surface area contributed by atoms with Crippen molar-refractivity contribution in [3.05, 3.63) is 11.1 Å². The van der Waals surface area contributed by atoms with E-state index in [0.717, 1.165) is 12.5 Å². The standard InChI is InChI=1S/C16H29N3S/c1-5-13-7-6-9-19(10-8-13)15-18-14(12-20-15)11-17-16(2,3)4/h12-13,17H,5-11H2,1-4H3. The molecule has 2 heterocycles. The normalized spacial score (nSPS) is 21.0. The number of rotatable bonds is 4. The van der Waals surface area contributed by atoms with Gasteiger partial charge in [0.05, 0.1) is 5.69 Å². The minimum absolute atomic E-state index is 0.154. The lowest BCUT2D eigenvalue weighted by Gasteiger charge is -2.20. The fourth-order valence-electron chi connectivity index (χ4n) is 2.64. The Labute approximate surface area is 127 Å². The Morgan fingerprint density at radius 2 is 2.15 bits per heavy atom. The summed E-state index contributed by atoms with van der Waals surface area (Å²) in [5.41, 5.74) is 1.33. The average Bonchev–Trinajstić information content (AvgIpc) is 2.73. The Morgan fingerprint density at radius 1 is 1.35 bits per heavy atom. The summed E-state index contributed by atoms with van der Waals surface area (Å²) in [4.78, 5) is 7.30. The van der Waals surface area contributed by atoms with Crippen LogP contribution in [0.2, 0.25) is 0 Å². The lowest BCUT2D eigenvalue weighted by Crippen LogP contribution is -2.35. The second kappa shape index (κ2) is 6.90. The van der Waals surface area contributed by atoms with Gasteiger partial charge in [0.15, 0.2) is 5.13 Å². The van der Waals surface area contributed by atoms with Crippen LogP contribution in [0.25, 0.3) is 0 Å². The maximum atomic E-state index is 4.81. The summed E-state index contributed by atoms with van der Waals surface area (Å²) in [6.07, 6.45) is 5.35. The van der Waals surface area contributed by atoms with E-state index in [1.807, 2.05) is 0 Å². The van der Waals surface area contributed by atoms with Crippen LogP contribution in [-0.2, 0) is 6.54 Å². The van der Waals surface area contributed by atoms with Gasteiger partial charge < -0.3 is 10.2 Å². The van der Waals surface area contributed by atoms with Crippen LogP contribution in [0.4, 0.5) is 5.13 Å². The molecule has 1 aliphatic rings. The van der Waals surface area contributed by atoms with Crippen molar-refractivity contribution in [1.29, 1.82) is 0 Å².